The van der Waals surface area contributed by atoms with Gasteiger partial charge in [0.05, 0.1) is 11.4 Å². The molecule has 0 amide bonds. The van der Waals surface area contributed by atoms with Gasteiger partial charge in [-0.2, -0.15) is 5.10 Å². The molecule has 0 saturated carbocycles. The number of anilines is 1. The lowest BCUT2D eigenvalue weighted by atomic mass is 10.1. The first-order valence-electron chi connectivity index (χ1n) is 7.60. The quantitative estimate of drug-likeness (QED) is 0.744. The second-order valence-corrected chi connectivity index (χ2v) is 7.59. The Bertz CT molecular complexity index is 944. The maximum absolute atomic E-state index is 12.4. The summed E-state index contributed by atoms with van der Waals surface area (Å²) in [6, 6.07) is 16.6. The van der Waals surface area contributed by atoms with Gasteiger partial charge in [0, 0.05) is 16.9 Å². The van der Waals surface area contributed by atoms with Crippen LogP contribution in [0.1, 0.15) is 16.8 Å². The van der Waals surface area contributed by atoms with Crippen molar-refractivity contribution in [3.05, 3.63) is 71.4 Å². The van der Waals surface area contributed by atoms with Crippen LogP contribution in [0.25, 0.3) is 11.3 Å². The smallest absolute Gasteiger partial charge is 0.236 e. The van der Waals surface area contributed by atoms with Gasteiger partial charge in [0.2, 0.25) is 10.0 Å². The molecule has 2 N–H and O–H groups in total. The Hall–Kier alpha value is -2.60. The normalized spacial score (nSPS) is 11.4. The monoisotopic (exact) mass is 341 g/mol. The van der Waals surface area contributed by atoms with E-state index in [1.807, 2.05) is 56.3 Å². The SMILES string of the molecule is Cc1ccc(CS(=O)(=O)Nc2cccc(-c3cc(C)[nH]n3)c2)cc1. The number of H-pyrrole nitrogens is 1. The predicted octanol–water partition coefficient (Wildman–Crippen LogP) is 3.64. The van der Waals surface area contributed by atoms with Crippen LogP contribution in [0.5, 0.6) is 0 Å². The van der Waals surface area contributed by atoms with Crippen LogP contribution in [0.15, 0.2) is 54.6 Å². The van der Waals surface area contributed by atoms with Gasteiger partial charge in [0.25, 0.3) is 0 Å². The van der Waals surface area contributed by atoms with Crippen LogP contribution in [-0.4, -0.2) is 18.6 Å². The fraction of sp³-hybridized carbons (Fsp3) is 0.167. The van der Waals surface area contributed by atoms with Crippen molar-refractivity contribution in [2.24, 2.45) is 0 Å². The maximum atomic E-state index is 12.4. The molecule has 1 heterocycles. The molecule has 0 radical (unpaired) electrons. The number of benzene rings is 2. The molecule has 124 valence electrons. The zero-order valence-corrected chi connectivity index (χ0v) is 14.4. The first-order valence-corrected chi connectivity index (χ1v) is 9.25. The van der Waals surface area contributed by atoms with E-state index in [0.29, 0.717) is 5.69 Å². The standard InChI is InChI=1S/C18H19N3O2S/c1-13-6-8-15(9-7-13)12-24(22,23)21-17-5-3-4-16(11-17)18-10-14(2)19-20-18/h3-11,21H,12H2,1-2H3,(H,19,20). The van der Waals surface area contributed by atoms with Crippen LogP contribution < -0.4 is 4.72 Å². The highest BCUT2D eigenvalue weighted by Crippen LogP contribution is 2.22. The van der Waals surface area contributed by atoms with Crippen LogP contribution >= 0.6 is 0 Å². The summed E-state index contributed by atoms with van der Waals surface area (Å²) < 4.78 is 27.4. The molecular formula is C18H19N3O2S. The summed E-state index contributed by atoms with van der Waals surface area (Å²) in [6.45, 7) is 3.89. The fourth-order valence-electron chi connectivity index (χ4n) is 2.43. The summed E-state index contributed by atoms with van der Waals surface area (Å²) in [5, 5.41) is 7.08. The number of hydrogen-bond acceptors (Lipinski definition) is 3. The molecule has 0 aliphatic carbocycles. The Morgan fingerprint density at radius 2 is 1.79 bits per heavy atom. The number of rotatable bonds is 5. The van der Waals surface area contributed by atoms with Gasteiger partial charge in [-0.1, -0.05) is 42.0 Å². The van der Waals surface area contributed by atoms with E-state index < -0.39 is 10.0 Å². The summed E-state index contributed by atoms with van der Waals surface area (Å²) in [5.74, 6) is -0.0565. The van der Waals surface area contributed by atoms with Crippen LogP contribution in [0, 0.1) is 13.8 Å². The number of aromatic nitrogens is 2. The Labute approximate surface area is 141 Å². The van der Waals surface area contributed by atoms with E-state index in [1.54, 1.807) is 12.1 Å². The molecule has 0 aliphatic heterocycles. The van der Waals surface area contributed by atoms with Gasteiger partial charge in [-0.05, 0) is 37.6 Å². The molecular weight excluding hydrogens is 322 g/mol. The first kappa shape index (κ1) is 16.3. The van der Waals surface area contributed by atoms with Crippen LogP contribution in [-0.2, 0) is 15.8 Å². The number of sulfonamides is 1. The van der Waals surface area contributed by atoms with Crippen LogP contribution in [0.2, 0.25) is 0 Å². The molecule has 0 atom stereocenters. The molecule has 2 aromatic carbocycles. The third-order valence-corrected chi connectivity index (χ3v) is 4.87. The second-order valence-electron chi connectivity index (χ2n) is 5.86. The molecule has 3 rings (SSSR count). The van der Waals surface area contributed by atoms with E-state index in [1.165, 1.54) is 0 Å². The van der Waals surface area contributed by atoms with Crippen molar-refractivity contribution < 1.29 is 8.42 Å². The Morgan fingerprint density at radius 1 is 1.04 bits per heavy atom. The van der Waals surface area contributed by atoms with Crippen molar-refractivity contribution in [3.8, 4) is 11.3 Å². The van der Waals surface area contributed by atoms with Gasteiger partial charge in [-0.25, -0.2) is 8.42 Å². The molecule has 3 aromatic rings. The average Bonchev–Trinajstić information content (AvgIpc) is 2.96. The molecule has 1 aromatic heterocycles. The maximum Gasteiger partial charge on any atom is 0.236 e. The van der Waals surface area contributed by atoms with E-state index >= 15 is 0 Å². The van der Waals surface area contributed by atoms with Crippen molar-refractivity contribution >= 4 is 15.7 Å². The van der Waals surface area contributed by atoms with Gasteiger partial charge >= 0.3 is 0 Å². The van der Waals surface area contributed by atoms with Crippen molar-refractivity contribution in [1.29, 1.82) is 0 Å². The van der Waals surface area contributed by atoms with Crippen molar-refractivity contribution in [2.45, 2.75) is 19.6 Å². The summed E-state index contributed by atoms with van der Waals surface area (Å²) in [5.41, 5.74) is 4.98. The number of aromatic amines is 1. The highest BCUT2D eigenvalue weighted by atomic mass is 32.2. The number of hydrogen-bond donors (Lipinski definition) is 2. The third kappa shape index (κ3) is 4.02. The lowest BCUT2D eigenvalue weighted by molar-refractivity contribution is 0.600. The largest absolute Gasteiger partial charge is 0.283 e. The van der Waals surface area contributed by atoms with Crippen molar-refractivity contribution in [1.82, 2.24) is 10.2 Å². The highest BCUT2D eigenvalue weighted by molar-refractivity contribution is 7.91. The minimum atomic E-state index is -3.47. The first-order chi connectivity index (χ1) is 11.4. The lowest BCUT2D eigenvalue weighted by Gasteiger charge is -2.09. The second kappa shape index (κ2) is 6.49. The summed E-state index contributed by atoms with van der Waals surface area (Å²) >= 11 is 0. The highest BCUT2D eigenvalue weighted by Gasteiger charge is 2.12. The van der Waals surface area contributed by atoms with E-state index in [2.05, 4.69) is 14.9 Å². The molecule has 0 unspecified atom stereocenters. The fourth-order valence-corrected chi connectivity index (χ4v) is 3.62. The minimum Gasteiger partial charge on any atom is -0.283 e. The van der Waals surface area contributed by atoms with Crippen LogP contribution in [0.3, 0.4) is 0 Å². The number of nitrogens with zero attached hydrogens (tertiary/aromatic N) is 1. The Balaban J connectivity index is 1.78. The average molecular weight is 341 g/mol. The van der Waals surface area contributed by atoms with E-state index in [9.17, 15) is 8.42 Å². The Morgan fingerprint density at radius 3 is 2.46 bits per heavy atom. The third-order valence-electron chi connectivity index (χ3n) is 3.61. The molecule has 0 bridgehead atoms. The van der Waals surface area contributed by atoms with Gasteiger partial charge < -0.3 is 0 Å². The van der Waals surface area contributed by atoms with Gasteiger partial charge in [-0.15, -0.1) is 0 Å². The molecule has 0 spiro atoms. The zero-order valence-electron chi connectivity index (χ0n) is 13.6. The van der Waals surface area contributed by atoms with E-state index in [-0.39, 0.29) is 5.75 Å². The van der Waals surface area contributed by atoms with Crippen LogP contribution in [0.4, 0.5) is 5.69 Å². The molecule has 0 fully saturated rings. The molecule has 24 heavy (non-hydrogen) atoms. The van der Waals surface area contributed by atoms with Gasteiger partial charge in [-0.3, -0.25) is 9.82 Å². The topological polar surface area (TPSA) is 74.8 Å². The Kier molecular flexibility index (Phi) is 4.40. The molecule has 0 saturated heterocycles. The van der Waals surface area contributed by atoms with Crippen molar-refractivity contribution in [2.75, 3.05) is 4.72 Å². The zero-order chi connectivity index (χ0) is 17.2. The molecule has 5 nitrogen and oxygen atoms in total. The minimum absolute atomic E-state index is 0.0565. The molecule has 6 heteroatoms. The van der Waals surface area contributed by atoms with Gasteiger partial charge in [0.15, 0.2) is 0 Å². The van der Waals surface area contributed by atoms with Crippen molar-refractivity contribution in [3.63, 3.8) is 0 Å². The number of nitrogens with one attached hydrogen (secondary N) is 2. The van der Waals surface area contributed by atoms with E-state index in [0.717, 1.165) is 28.1 Å². The number of aryl methyl sites for hydroxylation is 2. The summed E-state index contributed by atoms with van der Waals surface area (Å²) in [4.78, 5) is 0. The predicted molar refractivity (Wildman–Crippen MR) is 96.2 cm³/mol. The lowest BCUT2D eigenvalue weighted by Crippen LogP contribution is -2.15. The van der Waals surface area contributed by atoms with E-state index in [4.69, 9.17) is 0 Å². The molecule has 0 aliphatic rings. The van der Waals surface area contributed by atoms with Gasteiger partial charge in [0.1, 0.15) is 0 Å². The summed E-state index contributed by atoms with van der Waals surface area (Å²) in [7, 11) is -3.47. The summed E-state index contributed by atoms with van der Waals surface area (Å²) in [6.07, 6.45) is 0.